The summed E-state index contributed by atoms with van der Waals surface area (Å²) < 4.78 is 5.29. The Morgan fingerprint density at radius 1 is 1.46 bits per heavy atom. The van der Waals surface area contributed by atoms with Crippen molar-refractivity contribution in [3.63, 3.8) is 0 Å². The minimum absolute atomic E-state index is 0.0502. The van der Waals surface area contributed by atoms with Gasteiger partial charge in [0.25, 0.3) is 0 Å². The summed E-state index contributed by atoms with van der Waals surface area (Å²) >= 11 is 0. The highest BCUT2D eigenvalue weighted by molar-refractivity contribution is 5.95. The van der Waals surface area contributed by atoms with E-state index in [1.807, 2.05) is 0 Å². The second-order valence-corrected chi connectivity index (χ2v) is 5.61. The summed E-state index contributed by atoms with van der Waals surface area (Å²) in [5.41, 5.74) is 12.2. The number of hydrogen-bond acceptors (Lipinski definition) is 5. The number of amidine groups is 1. The predicted octanol–water partition coefficient (Wildman–Crippen LogP) is -0.455. The molecule has 1 aliphatic heterocycles. The Hall–Kier alpha value is -2.61. The lowest BCUT2D eigenvalue weighted by molar-refractivity contribution is -0.137. The van der Waals surface area contributed by atoms with Crippen molar-refractivity contribution in [1.82, 2.24) is 10.2 Å². The van der Waals surface area contributed by atoms with Crippen LogP contribution in [0.2, 0.25) is 0 Å². The molecule has 130 valence electrons. The molecule has 0 radical (unpaired) electrons. The first-order valence-electron chi connectivity index (χ1n) is 7.76. The van der Waals surface area contributed by atoms with E-state index < -0.39 is 6.04 Å². The van der Waals surface area contributed by atoms with E-state index in [-0.39, 0.29) is 30.7 Å². The second-order valence-electron chi connectivity index (χ2n) is 5.61. The molecule has 1 saturated heterocycles. The Bertz CT molecular complexity index is 647. The molecule has 0 spiro atoms. The maximum Gasteiger partial charge on any atom is 0.243 e. The molecule has 8 heteroatoms. The van der Waals surface area contributed by atoms with Crippen LogP contribution in [0.25, 0.3) is 0 Å². The van der Waals surface area contributed by atoms with E-state index in [4.69, 9.17) is 21.6 Å². The van der Waals surface area contributed by atoms with Crippen LogP contribution in [-0.2, 0) is 16.1 Å². The van der Waals surface area contributed by atoms with Crippen LogP contribution in [0.4, 0.5) is 0 Å². The van der Waals surface area contributed by atoms with E-state index in [1.165, 1.54) is 12.0 Å². The lowest BCUT2D eigenvalue weighted by Gasteiger charge is -2.23. The number of ether oxygens (including phenoxy) is 1. The lowest BCUT2D eigenvalue weighted by atomic mass is 10.1. The summed E-state index contributed by atoms with van der Waals surface area (Å²) in [5, 5.41) is 10.3. The Morgan fingerprint density at radius 3 is 2.83 bits per heavy atom. The molecule has 0 bridgehead atoms. The van der Waals surface area contributed by atoms with E-state index in [0.717, 1.165) is 12.0 Å². The van der Waals surface area contributed by atoms with Gasteiger partial charge in [0.05, 0.1) is 13.7 Å². The standard InChI is InChI=1S/C16H23N5O3/c1-24-13-7-10(15(18)19)4-5-11(13)9-20-16(23)12-3-2-6-21(12)14(22)8-17/h4-5,7,12H,2-3,6,8-9,17H2,1H3,(H3,18,19)(H,20,23)/t12-/m0/s1. The highest BCUT2D eigenvalue weighted by Crippen LogP contribution is 2.21. The van der Waals surface area contributed by atoms with Gasteiger partial charge in [-0.2, -0.15) is 0 Å². The fraction of sp³-hybridized carbons (Fsp3) is 0.438. The van der Waals surface area contributed by atoms with Gasteiger partial charge < -0.3 is 26.4 Å². The van der Waals surface area contributed by atoms with Crippen LogP contribution in [-0.4, -0.2) is 48.8 Å². The highest BCUT2D eigenvalue weighted by Gasteiger charge is 2.33. The Kier molecular flexibility index (Phi) is 5.75. The Labute approximate surface area is 140 Å². The van der Waals surface area contributed by atoms with Crippen molar-refractivity contribution < 1.29 is 14.3 Å². The molecule has 0 aromatic heterocycles. The van der Waals surface area contributed by atoms with Crippen molar-refractivity contribution in [2.24, 2.45) is 11.5 Å². The van der Waals surface area contributed by atoms with Gasteiger partial charge in [0.2, 0.25) is 11.8 Å². The second kappa shape index (κ2) is 7.78. The van der Waals surface area contributed by atoms with Crippen LogP contribution < -0.4 is 21.5 Å². The molecule has 8 nitrogen and oxygen atoms in total. The summed E-state index contributed by atoms with van der Waals surface area (Å²) in [6.07, 6.45) is 1.43. The Morgan fingerprint density at radius 2 is 2.21 bits per heavy atom. The van der Waals surface area contributed by atoms with E-state index in [1.54, 1.807) is 18.2 Å². The van der Waals surface area contributed by atoms with Crippen molar-refractivity contribution in [2.75, 3.05) is 20.2 Å². The number of nitrogen functional groups attached to an aromatic ring is 1. The van der Waals surface area contributed by atoms with Crippen LogP contribution in [0, 0.1) is 5.41 Å². The molecule has 0 unspecified atom stereocenters. The SMILES string of the molecule is COc1cc(C(=N)N)ccc1CNC(=O)[C@@H]1CCCN1C(=O)CN. The number of likely N-dealkylation sites (tertiary alicyclic amines) is 1. The van der Waals surface area contributed by atoms with Gasteiger partial charge in [-0.05, 0) is 18.9 Å². The summed E-state index contributed by atoms with van der Waals surface area (Å²) in [7, 11) is 1.52. The smallest absolute Gasteiger partial charge is 0.243 e. The van der Waals surface area contributed by atoms with Gasteiger partial charge in [0.1, 0.15) is 17.6 Å². The minimum atomic E-state index is -0.469. The van der Waals surface area contributed by atoms with Gasteiger partial charge in [0.15, 0.2) is 0 Å². The van der Waals surface area contributed by atoms with E-state index >= 15 is 0 Å². The topological polar surface area (TPSA) is 135 Å². The van der Waals surface area contributed by atoms with Gasteiger partial charge in [0, 0.05) is 24.2 Å². The lowest BCUT2D eigenvalue weighted by Crippen LogP contribution is -2.47. The average Bonchev–Trinajstić information content (AvgIpc) is 3.08. The molecule has 1 heterocycles. The van der Waals surface area contributed by atoms with E-state index in [9.17, 15) is 9.59 Å². The molecule has 6 N–H and O–H groups in total. The normalized spacial score (nSPS) is 16.8. The monoisotopic (exact) mass is 333 g/mol. The number of carbonyl (C=O) groups is 2. The third kappa shape index (κ3) is 3.83. The first-order valence-corrected chi connectivity index (χ1v) is 7.76. The van der Waals surface area contributed by atoms with E-state index in [2.05, 4.69) is 5.32 Å². The zero-order valence-electron chi connectivity index (χ0n) is 13.7. The third-order valence-corrected chi connectivity index (χ3v) is 4.10. The minimum Gasteiger partial charge on any atom is -0.496 e. The number of hydrogen-bond donors (Lipinski definition) is 4. The van der Waals surface area contributed by atoms with Crippen LogP contribution in [0.1, 0.15) is 24.0 Å². The van der Waals surface area contributed by atoms with Gasteiger partial charge in [-0.3, -0.25) is 15.0 Å². The molecular weight excluding hydrogens is 310 g/mol. The molecule has 1 atom stereocenters. The number of nitrogens with zero attached hydrogens (tertiary/aromatic N) is 1. The predicted molar refractivity (Wildman–Crippen MR) is 89.6 cm³/mol. The highest BCUT2D eigenvalue weighted by atomic mass is 16.5. The number of methoxy groups -OCH3 is 1. The van der Waals surface area contributed by atoms with Crippen molar-refractivity contribution >= 4 is 17.6 Å². The number of benzene rings is 1. The van der Waals surface area contributed by atoms with Crippen LogP contribution in [0.5, 0.6) is 5.75 Å². The van der Waals surface area contributed by atoms with Gasteiger partial charge in [-0.1, -0.05) is 12.1 Å². The molecule has 0 aliphatic carbocycles. The number of rotatable bonds is 6. The summed E-state index contributed by atoms with van der Waals surface area (Å²) in [6.45, 7) is 0.732. The van der Waals surface area contributed by atoms with Crippen molar-refractivity contribution in [3.8, 4) is 5.75 Å². The summed E-state index contributed by atoms with van der Waals surface area (Å²) in [5.74, 6) is 0.0816. The fourth-order valence-corrected chi connectivity index (χ4v) is 2.81. The molecule has 24 heavy (non-hydrogen) atoms. The molecule has 1 fully saturated rings. The van der Waals surface area contributed by atoms with E-state index in [0.29, 0.717) is 24.3 Å². The fourth-order valence-electron chi connectivity index (χ4n) is 2.81. The summed E-state index contributed by atoms with van der Waals surface area (Å²) in [6, 6.07) is 4.65. The number of nitrogens with two attached hydrogens (primary N) is 2. The molecular formula is C16H23N5O3. The van der Waals surface area contributed by atoms with Crippen LogP contribution >= 0.6 is 0 Å². The first-order chi connectivity index (χ1) is 11.5. The van der Waals surface area contributed by atoms with Gasteiger partial charge in [-0.15, -0.1) is 0 Å². The molecule has 2 rings (SSSR count). The maximum atomic E-state index is 12.4. The average molecular weight is 333 g/mol. The van der Waals surface area contributed by atoms with Crippen LogP contribution in [0.15, 0.2) is 18.2 Å². The molecule has 1 aromatic rings. The molecule has 1 aliphatic rings. The zero-order valence-corrected chi connectivity index (χ0v) is 13.7. The number of amides is 2. The molecule has 2 amide bonds. The number of carbonyl (C=O) groups excluding carboxylic acids is 2. The maximum absolute atomic E-state index is 12.4. The van der Waals surface area contributed by atoms with Gasteiger partial charge >= 0.3 is 0 Å². The third-order valence-electron chi connectivity index (χ3n) is 4.10. The largest absolute Gasteiger partial charge is 0.496 e. The molecule has 0 saturated carbocycles. The van der Waals surface area contributed by atoms with Gasteiger partial charge in [-0.25, -0.2) is 0 Å². The van der Waals surface area contributed by atoms with Crippen LogP contribution in [0.3, 0.4) is 0 Å². The van der Waals surface area contributed by atoms with Crippen molar-refractivity contribution in [2.45, 2.75) is 25.4 Å². The Balaban J connectivity index is 2.03. The van der Waals surface area contributed by atoms with Crippen molar-refractivity contribution in [3.05, 3.63) is 29.3 Å². The van der Waals surface area contributed by atoms with Crippen molar-refractivity contribution in [1.29, 1.82) is 5.41 Å². The summed E-state index contributed by atoms with van der Waals surface area (Å²) in [4.78, 5) is 25.7. The quantitative estimate of drug-likeness (QED) is 0.413. The number of nitrogens with one attached hydrogen (secondary N) is 2. The molecule has 1 aromatic carbocycles. The first kappa shape index (κ1) is 17.7. The zero-order chi connectivity index (χ0) is 17.7.